The number of para-hydroxylation sites is 3. The van der Waals surface area contributed by atoms with Crippen molar-refractivity contribution in [3.8, 4) is 11.4 Å². The van der Waals surface area contributed by atoms with Gasteiger partial charge in [-0.1, -0.05) is 30.3 Å². The minimum atomic E-state index is -0.866. The van der Waals surface area contributed by atoms with Crippen molar-refractivity contribution in [1.82, 2.24) is 9.78 Å². The second-order valence-electron chi connectivity index (χ2n) is 5.72. The predicted molar refractivity (Wildman–Crippen MR) is 102 cm³/mol. The zero-order valence-corrected chi connectivity index (χ0v) is 15.3. The Bertz CT molecular complexity index is 1050. The van der Waals surface area contributed by atoms with Crippen LogP contribution in [0.25, 0.3) is 5.69 Å². The number of rotatable bonds is 7. The van der Waals surface area contributed by atoms with E-state index in [1.54, 1.807) is 12.1 Å². The summed E-state index contributed by atoms with van der Waals surface area (Å²) in [6, 6.07) is 14.7. The van der Waals surface area contributed by atoms with Gasteiger partial charge in [0.25, 0.3) is 11.6 Å². The van der Waals surface area contributed by atoms with Gasteiger partial charge in [0, 0.05) is 6.07 Å². The number of methoxy groups -OCH3 is 1. The Morgan fingerprint density at radius 2 is 1.83 bits per heavy atom. The number of aromatic nitrogens is 2. The third-order valence-corrected chi connectivity index (χ3v) is 3.82. The van der Waals surface area contributed by atoms with Crippen molar-refractivity contribution in [3.63, 3.8) is 0 Å². The summed E-state index contributed by atoms with van der Waals surface area (Å²) in [5.74, 6) is -1.42. The van der Waals surface area contributed by atoms with Gasteiger partial charge in [0.1, 0.15) is 5.69 Å². The summed E-state index contributed by atoms with van der Waals surface area (Å²) in [5, 5.41) is 17.5. The molecule has 0 aliphatic rings. The van der Waals surface area contributed by atoms with Gasteiger partial charge in [-0.3, -0.25) is 14.9 Å². The van der Waals surface area contributed by atoms with Crippen molar-refractivity contribution < 1.29 is 24.0 Å². The van der Waals surface area contributed by atoms with E-state index in [0.29, 0.717) is 5.69 Å². The van der Waals surface area contributed by atoms with E-state index in [1.807, 2.05) is 18.2 Å². The highest BCUT2D eigenvalue weighted by molar-refractivity contribution is 5.97. The van der Waals surface area contributed by atoms with Gasteiger partial charge in [0.2, 0.25) is 5.69 Å². The first kappa shape index (κ1) is 19.5. The molecule has 0 radical (unpaired) electrons. The fourth-order valence-electron chi connectivity index (χ4n) is 2.49. The summed E-state index contributed by atoms with van der Waals surface area (Å²) in [5.41, 5.74) is 0.341. The lowest BCUT2D eigenvalue weighted by Gasteiger charge is -2.06. The lowest BCUT2D eigenvalue weighted by molar-refractivity contribution is -0.383. The van der Waals surface area contributed by atoms with Crippen molar-refractivity contribution >= 4 is 23.3 Å². The Morgan fingerprint density at radius 1 is 1.14 bits per heavy atom. The summed E-state index contributed by atoms with van der Waals surface area (Å²) in [7, 11) is 1.38. The Kier molecular flexibility index (Phi) is 5.83. The fraction of sp³-hybridized carbons (Fsp3) is 0.105. The van der Waals surface area contributed by atoms with E-state index < -0.39 is 23.4 Å². The lowest BCUT2D eigenvalue weighted by Crippen LogP contribution is -2.21. The molecule has 3 aromatic rings. The molecule has 0 fully saturated rings. The van der Waals surface area contributed by atoms with E-state index in [9.17, 15) is 19.7 Å². The molecule has 0 unspecified atom stereocenters. The van der Waals surface area contributed by atoms with Gasteiger partial charge in [-0.05, 0) is 18.2 Å². The number of carbonyl (C=O) groups excluding carboxylic acids is 2. The van der Waals surface area contributed by atoms with Crippen LogP contribution in [0.1, 0.15) is 10.5 Å². The van der Waals surface area contributed by atoms with Crippen molar-refractivity contribution in [2.45, 2.75) is 0 Å². The van der Waals surface area contributed by atoms with Crippen molar-refractivity contribution in [3.05, 3.63) is 76.6 Å². The first-order valence-corrected chi connectivity index (χ1v) is 8.39. The molecular formula is C19H16N4O6. The topological polar surface area (TPSA) is 126 Å². The van der Waals surface area contributed by atoms with Gasteiger partial charge < -0.3 is 14.8 Å². The highest BCUT2D eigenvalue weighted by Gasteiger charge is 2.21. The monoisotopic (exact) mass is 396 g/mol. The smallest absolute Gasteiger partial charge is 0.363 e. The van der Waals surface area contributed by atoms with Crippen LogP contribution in [0.4, 0.5) is 11.4 Å². The van der Waals surface area contributed by atoms with Crippen LogP contribution in [0.2, 0.25) is 0 Å². The molecule has 0 saturated carbocycles. The number of esters is 1. The van der Waals surface area contributed by atoms with Crippen LogP contribution in [-0.2, 0) is 9.53 Å². The first-order valence-electron chi connectivity index (χ1n) is 8.39. The highest BCUT2D eigenvalue weighted by Crippen LogP contribution is 2.23. The van der Waals surface area contributed by atoms with Crippen LogP contribution < -0.4 is 10.1 Å². The molecule has 0 atom stereocenters. The van der Waals surface area contributed by atoms with Crippen molar-refractivity contribution in [1.29, 1.82) is 0 Å². The second-order valence-corrected chi connectivity index (χ2v) is 5.72. The number of nitro benzene ring substituents is 1. The standard InChI is InChI=1S/C19H16N4O6/c1-28-16-11-22(13-7-3-2-4-8-13)21-18(16)19(25)29-12-17(24)20-14-9-5-6-10-15(14)23(26)27/h2-11H,12H2,1H3,(H,20,24). The number of amides is 1. The molecule has 0 saturated heterocycles. The molecule has 0 spiro atoms. The maximum Gasteiger partial charge on any atom is 0.363 e. The molecule has 1 N–H and O–H groups in total. The maximum absolute atomic E-state index is 12.3. The number of hydrogen-bond donors (Lipinski definition) is 1. The van der Waals surface area contributed by atoms with E-state index in [0.717, 1.165) is 0 Å². The van der Waals surface area contributed by atoms with Crippen LogP contribution >= 0.6 is 0 Å². The quantitative estimate of drug-likeness (QED) is 0.369. The van der Waals surface area contributed by atoms with Crippen LogP contribution in [0.15, 0.2) is 60.8 Å². The van der Waals surface area contributed by atoms with Crippen molar-refractivity contribution in [2.75, 3.05) is 19.0 Å². The number of nitro groups is 1. The minimum Gasteiger partial charge on any atom is -0.493 e. The number of ether oxygens (including phenoxy) is 2. The molecule has 29 heavy (non-hydrogen) atoms. The third-order valence-electron chi connectivity index (χ3n) is 3.82. The Labute approximate surface area is 164 Å². The molecule has 10 nitrogen and oxygen atoms in total. The third kappa shape index (κ3) is 4.56. The SMILES string of the molecule is COc1cn(-c2ccccc2)nc1C(=O)OCC(=O)Nc1ccccc1[N+](=O)[O-]. The second kappa shape index (κ2) is 8.65. The summed E-state index contributed by atoms with van der Waals surface area (Å²) < 4.78 is 11.6. The van der Waals surface area contributed by atoms with Gasteiger partial charge in [-0.2, -0.15) is 5.10 Å². The van der Waals surface area contributed by atoms with E-state index in [2.05, 4.69) is 10.4 Å². The van der Waals surface area contributed by atoms with Crippen LogP contribution in [0, 0.1) is 10.1 Å². The highest BCUT2D eigenvalue weighted by atomic mass is 16.6. The van der Waals surface area contributed by atoms with E-state index >= 15 is 0 Å². The fourth-order valence-corrected chi connectivity index (χ4v) is 2.49. The Hall–Kier alpha value is -4.21. The summed E-state index contributed by atoms with van der Waals surface area (Å²) in [4.78, 5) is 34.7. The lowest BCUT2D eigenvalue weighted by atomic mass is 10.2. The zero-order chi connectivity index (χ0) is 20.8. The number of carbonyl (C=O) groups is 2. The average molecular weight is 396 g/mol. The molecule has 148 valence electrons. The summed E-state index contributed by atoms with van der Waals surface area (Å²) in [6.07, 6.45) is 1.51. The van der Waals surface area contributed by atoms with E-state index in [1.165, 1.54) is 42.3 Å². The normalized spacial score (nSPS) is 10.2. The van der Waals surface area contributed by atoms with Crippen LogP contribution in [0.5, 0.6) is 5.75 Å². The Balaban J connectivity index is 1.67. The predicted octanol–water partition coefficient (Wildman–Crippen LogP) is 2.58. The Morgan fingerprint density at radius 3 is 2.52 bits per heavy atom. The van der Waals surface area contributed by atoms with Crippen LogP contribution in [0.3, 0.4) is 0 Å². The molecule has 10 heteroatoms. The molecule has 0 bridgehead atoms. The van der Waals surface area contributed by atoms with E-state index in [4.69, 9.17) is 9.47 Å². The molecule has 1 heterocycles. The number of nitrogens with zero attached hydrogens (tertiary/aromatic N) is 3. The molecule has 1 aromatic heterocycles. The van der Waals surface area contributed by atoms with Crippen LogP contribution in [-0.4, -0.2) is 40.3 Å². The largest absolute Gasteiger partial charge is 0.493 e. The number of benzene rings is 2. The average Bonchev–Trinajstić information content (AvgIpc) is 3.17. The molecule has 0 aliphatic carbocycles. The van der Waals surface area contributed by atoms with Gasteiger partial charge in [-0.25, -0.2) is 9.48 Å². The van der Waals surface area contributed by atoms with Gasteiger partial charge in [-0.15, -0.1) is 0 Å². The van der Waals surface area contributed by atoms with E-state index in [-0.39, 0.29) is 22.8 Å². The van der Waals surface area contributed by atoms with Gasteiger partial charge in [0.05, 0.1) is 23.9 Å². The summed E-state index contributed by atoms with van der Waals surface area (Å²) >= 11 is 0. The molecular weight excluding hydrogens is 380 g/mol. The van der Waals surface area contributed by atoms with Crippen molar-refractivity contribution in [2.24, 2.45) is 0 Å². The maximum atomic E-state index is 12.3. The first-order chi connectivity index (χ1) is 14.0. The van der Waals surface area contributed by atoms with Gasteiger partial charge >= 0.3 is 5.97 Å². The number of anilines is 1. The zero-order valence-electron chi connectivity index (χ0n) is 15.3. The minimum absolute atomic E-state index is 0.00415. The summed E-state index contributed by atoms with van der Waals surface area (Å²) in [6.45, 7) is -0.647. The molecule has 1 amide bonds. The number of nitrogens with one attached hydrogen (secondary N) is 1. The molecule has 2 aromatic carbocycles. The number of hydrogen-bond acceptors (Lipinski definition) is 7. The molecule has 0 aliphatic heterocycles. The van der Waals surface area contributed by atoms with Gasteiger partial charge in [0.15, 0.2) is 12.4 Å². The molecule has 3 rings (SSSR count).